The number of anilines is 1. The maximum atomic E-state index is 13.6. The minimum absolute atomic E-state index is 0.0290. The number of halogens is 2. The number of hydrogen-bond acceptors (Lipinski definition) is 3. The van der Waals surface area contributed by atoms with E-state index in [1.807, 2.05) is 6.07 Å². The lowest BCUT2D eigenvalue weighted by atomic mass is 10.2. The van der Waals surface area contributed by atoms with E-state index in [4.69, 9.17) is 0 Å². The summed E-state index contributed by atoms with van der Waals surface area (Å²) in [6.45, 7) is 1.62. The van der Waals surface area contributed by atoms with Crippen LogP contribution in [0.3, 0.4) is 0 Å². The number of aryl methyl sites for hydroxylation is 1. The van der Waals surface area contributed by atoms with Crippen LogP contribution in [0, 0.1) is 18.6 Å². The van der Waals surface area contributed by atoms with E-state index < -0.39 is 23.2 Å². The molecule has 1 aromatic heterocycles. The molecule has 0 radical (unpaired) electrons. The van der Waals surface area contributed by atoms with E-state index in [0.29, 0.717) is 16.7 Å². The van der Waals surface area contributed by atoms with Crippen molar-refractivity contribution < 1.29 is 13.6 Å². The van der Waals surface area contributed by atoms with Gasteiger partial charge in [-0.3, -0.25) is 4.79 Å². The first kappa shape index (κ1) is 14.1. The summed E-state index contributed by atoms with van der Waals surface area (Å²) in [5.74, 6) is -2.40. The molecule has 0 bridgehead atoms. The highest BCUT2D eigenvalue weighted by molar-refractivity contribution is 6.04. The van der Waals surface area contributed by atoms with Crippen molar-refractivity contribution in [3.8, 4) is 0 Å². The fourth-order valence-electron chi connectivity index (χ4n) is 2.09. The number of aromatic nitrogens is 2. The predicted molar refractivity (Wildman–Crippen MR) is 78.6 cm³/mol. The molecule has 22 heavy (non-hydrogen) atoms. The van der Waals surface area contributed by atoms with Gasteiger partial charge in [0, 0.05) is 0 Å². The topological polar surface area (TPSA) is 54.9 Å². The van der Waals surface area contributed by atoms with Gasteiger partial charge >= 0.3 is 0 Å². The normalized spacial score (nSPS) is 10.7. The molecule has 4 nitrogen and oxygen atoms in total. The van der Waals surface area contributed by atoms with Gasteiger partial charge in [0.15, 0.2) is 0 Å². The number of carbonyl (C=O) groups is 1. The first-order valence-corrected chi connectivity index (χ1v) is 6.55. The predicted octanol–water partition coefficient (Wildman–Crippen LogP) is 3.47. The van der Waals surface area contributed by atoms with Gasteiger partial charge in [-0.1, -0.05) is 18.2 Å². The molecular formula is C16H11F2N3O. The minimum atomic E-state index is -0.847. The second-order valence-corrected chi connectivity index (χ2v) is 4.70. The Bertz CT molecular complexity index is 860. The van der Waals surface area contributed by atoms with Crippen LogP contribution in [0.5, 0.6) is 0 Å². The molecule has 0 unspecified atom stereocenters. The van der Waals surface area contributed by atoms with Gasteiger partial charge in [-0.15, -0.1) is 0 Å². The Kier molecular flexibility index (Phi) is 3.50. The van der Waals surface area contributed by atoms with Crippen molar-refractivity contribution in [3.63, 3.8) is 0 Å². The Labute approximate surface area is 124 Å². The van der Waals surface area contributed by atoms with Crippen LogP contribution in [0.25, 0.3) is 11.0 Å². The summed E-state index contributed by atoms with van der Waals surface area (Å²) in [5, 5.41) is 2.21. The number of rotatable bonds is 2. The molecule has 3 rings (SSSR count). The highest BCUT2D eigenvalue weighted by Crippen LogP contribution is 2.20. The molecule has 0 fully saturated rings. The van der Waals surface area contributed by atoms with E-state index in [1.165, 1.54) is 6.07 Å². The molecule has 0 saturated carbocycles. The van der Waals surface area contributed by atoms with Crippen LogP contribution >= 0.6 is 0 Å². The first-order chi connectivity index (χ1) is 10.6. The van der Waals surface area contributed by atoms with Crippen LogP contribution in [0.2, 0.25) is 0 Å². The summed E-state index contributed by atoms with van der Waals surface area (Å²) >= 11 is 0. The summed E-state index contributed by atoms with van der Waals surface area (Å²) in [5.41, 5.74) is 1.09. The maximum Gasteiger partial charge on any atom is 0.276 e. The second-order valence-electron chi connectivity index (χ2n) is 4.70. The zero-order valence-corrected chi connectivity index (χ0v) is 11.6. The number of carbonyl (C=O) groups excluding carboxylic acids is 1. The van der Waals surface area contributed by atoms with Crippen molar-refractivity contribution in [2.24, 2.45) is 0 Å². The van der Waals surface area contributed by atoms with E-state index in [9.17, 15) is 13.6 Å². The largest absolute Gasteiger partial charge is 0.316 e. The highest BCUT2D eigenvalue weighted by Gasteiger charge is 2.17. The molecule has 1 N–H and O–H groups in total. The summed E-state index contributed by atoms with van der Waals surface area (Å²) in [6, 6.07) is 10.4. The van der Waals surface area contributed by atoms with Crippen LogP contribution < -0.4 is 5.32 Å². The highest BCUT2D eigenvalue weighted by atomic mass is 19.1. The van der Waals surface area contributed by atoms with Crippen LogP contribution in [0.15, 0.2) is 42.5 Å². The molecule has 110 valence electrons. The number of benzene rings is 2. The molecule has 0 aliphatic rings. The summed E-state index contributed by atoms with van der Waals surface area (Å²) < 4.78 is 27.2. The number of para-hydroxylation sites is 3. The lowest BCUT2D eigenvalue weighted by molar-refractivity contribution is 0.102. The number of nitrogens with one attached hydrogen (secondary N) is 1. The van der Waals surface area contributed by atoms with Crippen molar-refractivity contribution in [3.05, 3.63) is 65.5 Å². The van der Waals surface area contributed by atoms with Crippen LogP contribution in [-0.2, 0) is 0 Å². The Balaban J connectivity index is 2.00. The zero-order valence-electron chi connectivity index (χ0n) is 11.6. The van der Waals surface area contributed by atoms with Crippen LogP contribution in [0.1, 0.15) is 16.2 Å². The van der Waals surface area contributed by atoms with E-state index in [-0.39, 0.29) is 5.69 Å². The van der Waals surface area contributed by atoms with E-state index >= 15 is 0 Å². The fraction of sp³-hybridized carbons (Fsp3) is 0.0625. The van der Waals surface area contributed by atoms with Gasteiger partial charge in [0.25, 0.3) is 5.91 Å². The van der Waals surface area contributed by atoms with Gasteiger partial charge in [0.2, 0.25) is 0 Å². The molecule has 1 heterocycles. The Morgan fingerprint density at radius 2 is 1.55 bits per heavy atom. The number of fused-ring (bicyclic) bond motifs is 1. The molecule has 0 atom stereocenters. The van der Waals surface area contributed by atoms with Gasteiger partial charge < -0.3 is 5.32 Å². The minimum Gasteiger partial charge on any atom is -0.316 e. The standard InChI is InChI=1S/C16H11F2N3O/c1-9-14(20-13-8-3-2-7-12(13)19-9)16(22)21-15-10(17)5-4-6-11(15)18/h2-8H,1H3,(H,21,22). The Morgan fingerprint density at radius 1 is 0.955 bits per heavy atom. The van der Waals surface area contributed by atoms with Gasteiger partial charge in [-0.2, -0.15) is 0 Å². The quantitative estimate of drug-likeness (QED) is 0.788. The van der Waals surface area contributed by atoms with E-state index in [0.717, 1.165) is 12.1 Å². The van der Waals surface area contributed by atoms with Crippen molar-refractivity contribution in [1.29, 1.82) is 0 Å². The average Bonchev–Trinajstić information content (AvgIpc) is 2.50. The smallest absolute Gasteiger partial charge is 0.276 e. The van der Waals surface area contributed by atoms with Crippen molar-refractivity contribution in [2.75, 3.05) is 5.32 Å². The molecular weight excluding hydrogens is 288 g/mol. The van der Waals surface area contributed by atoms with Gasteiger partial charge in [-0.05, 0) is 31.2 Å². The van der Waals surface area contributed by atoms with Gasteiger partial charge in [0.05, 0.1) is 16.7 Å². The molecule has 2 aromatic carbocycles. The molecule has 0 saturated heterocycles. The van der Waals surface area contributed by atoms with Gasteiger partial charge in [-0.25, -0.2) is 18.7 Å². The third kappa shape index (κ3) is 2.50. The summed E-state index contributed by atoms with van der Waals surface area (Å²) in [6.07, 6.45) is 0. The third-order valence-electron chi connectivity index (χ3n) is 3.16. The SMILES string of the molecule is Cc1nc2ccccc2nc1C(=O)Nc1c(F)cccc1F. The molecule has 6 heteroatoms. The van der Waals surface area contributed by atoms with E-state index in [1.54, 1.807) is 25.1 Å². The average molecular weight is 299 g/mol. The summed E-state index contributed by atoms with van der Waals surface area (Å²) in [4.78, 5) is 20.7. The molecule has 0 aliphatic heterocycles. The number of hydrogen-bond donors (Lipinski definition) is 1. The Morgan fingerprint density at radius 3 is 2.18 bits per heavy atom. The lowest BCUT2D eigenvalue weighted by Crippen LogP contribution is -2.18. The molecule has 1 amide bonds. The van der Waals surface area contributed by atoms with Crippen molar-refractivity contribution in [2.45, 2.75) is 6.92 Å². The number of amides is 1. The lowest BCUT2D eigenvalue weighted by Gasteiger charge is -2.09. The Hall–Kier alpha value is -2.89. The first-order valence-electron chi connectivity index (χ1n) is 6.55. The molecule has 0 spiro atoms. The van der Waals surface area contributed by atoms with Crippen LogP contribution in [0.4, 0.5) is 14.5 Å². The molecule has 0 aliphatic carbocycles. The van der Waals surface area contributed by atoms with Crippen molar-refractivity contribution >= 4 is 22.6 Å². The molecule has 3 aromatic rings. The maximum absolute atomic E-state index is 13.6. The number of nitrogens with zero attached hydrogens (tertiary/aromatic N) is 2. The van der Waals surface area contributed by atoms with Crippen molar-refractivity contribution in [1.82, 2.24) is 9.97 Å². The van der Waals surface area contributed by atoms with Crippen LogP contribution in [-0.4, -0.2) is 15.9 Å². The van der Waals surface area contributed by atoms with Gasteiger partial charge in [0.1, 0.15) is 23.0 Å². The third-order valence-corrected chi connectivity index (χ3v) is 3.16. The monoisotopic (exact) mass is 299 g/mol. The summed E-state index contributed by atoms with van der Waals surface area (Å²) in [7, 11) is 0. The van der Waals surface area contributed by atoms with E-state index in [2.05, 4.69) is 15.3 Å². The second kappa shape index (κ2) is 5.48. The zero-order chi connectivity index (χ0) is 15.7. The fourth-order valence-corrected chi connectivity index (χ4v) is 2.09.